The van der Waals surface area contributed by atoms with Gasteiger partial charge >= 0.3 is 0 Å². The number of rotatable bonds is 6. The molecule has 152 valence electrons. The first kappa shape index (κ1) is 19.5. The number of carbonyl (C=O) groups is 1. The van der Waals surface area contributed by atoms with E-state index in [4.69, 9.17) is 9.47 Å². The van der Waals surface area contributed by atoms with Gasteiger partial charge in [-0.25, -0.2) is 4.39 Å². The van der Waals surface area contributed by atoms with Crippen LogP contribution in [0.2, 0.25) is 0 Å². The van der Waals surface area contributed by atoms with Gasteiger partial charge in [0.05, 0.1) is 20.6 Å². The van der Waals surface area contributed by atoms with Crippen LogP contribution < -0.4 is 14.8 Å². The molecule has 1 aromatic heterocycles. The maximum atomic E-state index is 13.4. The van der Waals surface area contributed by atoms with Crippen molar-refractivity contribution in [1.29, 1.82) is 0 Å². The Morgan fingerprint density at radius 3 is 2.60 bits per heavy atom. The van der Waals surface area contributed by atoms with Crippen molar-refractivity contribution in [2.24, 2.45) is 0 Å². The molecule has 6 heteroatoms. The number of halogens is 1. The summed E-state index contributed by atoms with van der Waals surface area (Å²) in [6, 6.07) is 19.4. The van der Waals surface area contributed by atoms with Gasteiger partial charge in [-0.3, -0.25) is 4.79 Å². The van der Waals surface area contributed by atoms with E-state index in [9.17, 15) is 9.18 Å². The minimum absolute atomic E-state index is 0.141. The SMILES string of the molecule is COc1ccc(CC(=O)Nc2cccc(-c3cc4cc(F)ccc4[nH]3)c2)cc1OC. The fraction of sp³-hybridized carbons (Fsp3) is 0.125. The van der Waals surface area contributed by atoms with Crippen molar-refractivity contribution in [3.05, 3.63) is 78.1 Å². The second kappa shape index (κ2) is 8.29. The Morgan fingerprint density at radius 2 is 1.80 bits per heavy atom. The van der Waals surface area contributed by atoms with Gasteiger partial charge in [-0.05, 0) is 54.1 Å². The Morgan fingerprint density at radius 1 is 0.967 bits per heavy atom. The lowest BCUT2D eigenvalue weighted by Gasteiger charge is -2.10. The second-order valence-corrected chi connectivity index (χ2v) is 6.91. The van der Waals surface area contributed by atoms with Crippen LogP contribution in [0, 0.1) is 5.82 Å². The molecule has 0 fully saturated rings. The van der Waals surface area contributed by atoms with Gasteiger partial charge in [0.25, 0.3) is 0 Å². The molecule has 3 aromatic carbocycles. The largest absolute Gasteiger partial charge is 0.493 e. The predicted molar refractivity (Wildman–Crippen MR) is 116 cm³/mol. The van der Waals surface area contributed by atoms with Crippen LogP contribution in [-0.4, -0.2) is 25.1 Å². The zero-order valence-corrected chi connectivity index (χ0v) is 16.7. The Kier molecular flexibility index (Phi) is 5.39. The quantitative estimate of drug-likeness (QED) is 0.466. The number of hydrogen-bond acceptors (Lipinski definition) is 3. The molecule has 0 saturated carbocycles. The number of anilines is 1. The third-order valence-corrected chi connectivity index (χ3v) is 4.85. The van der Waals surface area contributed by atoms with E-state index in [0.29, 0.717) is 17.2 Å². The van der Waals surface area contributed by atoms with Crippen LogP contribution in [0.15, 0.2) is 66.7 Å². The van der Waals surface area contributed by atoms with E-state index in [1.165, 1.54) is 12.1 Å². The molecule has 1 heterocycles. The van der Waals surface area contributed by atoms with E-state index in [1.54, 1.807) is 32.4 Å². The van der Waals surface area contributed by atoms with Gasteiger partial charge in [-0.1, -0.05) is 18.2 Å². The number of H-pyrrole nitrogens is 1. The zero-order chi connectivity index (χ0) is 21.1. The number of ether oxygens (including phenoxy) is 2. The molecule has 30 heavy (non-hydrogen) atoms. The van der Waals surface area contributed by atoms with Crippen LogP contribution >= 0.6 is 0 Å². The Bertz CT molecular complexity index is 1220. The van der Waals surface area contributed by atoms with Crippen molar-refractivity contribution in [3.63, 3.8) is 0 Å². The highest BCUT2D eigenvalue weighted by Crippen LogP contribution is 2.29. The minimum atomic E-state index is -0.274. The van der Waals surface area contributed by atoms with Gasteiger partial charge in [-0.15, -0.1) is 0 Å². The summed E-state index contributed by atoms with van der Waals surface area (Å²) in [4.78, 5) is 15.8. The Hall–Kier alpha value is -3.80. The molecule has 0 aliphatic heterocycles. The van der Waals surface area contributed by atoms with E-state index in [0.717, 1.165) is 27.7 Å². The summed E-state index contributed by atoms with van der Waals surface area (Å²) in [7, 11) is 3.13. The van der Waals surface area contributed by atoms with E-state index < -0.39 is 0 Å². The molecule has 0 aliphatic rings. The molecule has 0 aliphatic carbocycles. The molecule has 1 amide bonds. The average molecular weight is 404 g/mol. The maximum absolute atomic E-state index is 13.4. The smallest absolute Gasteiger partial charge is 0.228 e. The summed E-state index contributed by atoms with van der Waals surface area (Å²) in [6.07, 6.45) is 0.205. The average Bonchev–Trinajstić information content (AvgIpc) is 3.17. The van der Waals surface area contributed by atoms with Crippen molar-refractivity contribution in [1.82, 2.24) is 4.98 Å². The van der Waals surface area contributed by atoms with Gasteiger partial charge in [0.15, 0.2) is 11.5 Å². The number of hydrogen-bond donors (Lipinski definition) is 2. The predicted octanol–water partition coefficient (Wildman–Crippen LogP) is 5.17. The first-order valence-electron chi connectivity index (χ1n) is 9.45. The van der Waals surface area contributed by atoms with Crippen LogP contribution in [0.4, 0.5) is 10.1 Å². The number of nitrogens with one attached hydrogen (secondary N) is 2. The van der Waals surface area contributed by atoms with Gasteiger partial charge in [0.2, 0.25) is 5.91 Å². The summed E-state index contributed by atoms with van der Waals surface area (Å²) in [5.74, 6) is 0.787. The summed E-state index contributed by atoms with van der Waals surface area (Å²) >= 11 is 0. The highest BCUT2D eigenvalue weighted by atomic mass is 19.1. The summed E-state index contributed by atoms with van der Waals surface area (Å²) in [5.41, 5.74) is 4.11. The van der Waals surface area contributed by atoms with Crippen molar-refractivity contribution >= 4 is 22.5 Å². The molecule has 0 bridgehead atoms. The monoisotopic (exact) mass is 404 g/mol. The van der Waals surface area contributed by atoms with Crippen LogP contribution in [0.5, 0.6) is 11.5 Å². The van der Waals surface area contributed by atoms with Crippen molar-refractivity contribution in [2.75, 3.05) is 19.5 Å². The number of benzene rings is 3. The topological polar surface area (TPSA) is 63.3 Å². The van der Waals surface area contributed by atoms with E-state index in [2.05, 4.69) is 10.3 Å². The lowest BCUT2D eigenvalue weighted by atomic mass is 10.1. The van der Waals surface area contributed by atoms with Crippen molar-refractivity contribution < 1.29 is 18.7 Å². The molecular formula is C24H21FN2O3. The standard InChI is InChI=1S/C24H21FN2O3/c1-29-22-9-6-15(10-23(22)30-2)11-24(28)26-19-5-3-4-16(13-19)21-14-17-12-18(25)7-8-20(17)27-21/h3-10,12-14,27H,11H2,1-2H3,(H,26,28). The number of aromatic nitrogens is 1. The first-order chi connectivity index (χ1) is 14.6. The normalized spacial score (nSPS) is 10.8. The van der Waals surface area contributed by atoms with Gasteiger partial charge in [-0.2, -0.15) is 0 Å². The number of amides is 1. The zero-order valence-electron chi connectivity index (χ0n) is 16.7. The summed E-state index contributed by atoms with van der Waals surface area (Å²) in [6.45, 7) is 0. The Balaban J connectivity index is 1.50. The summed E-state index contributed by atoms with van der Waals surface area (Å²) in [5, 5.41) is 3.72. The number of methoxy groups -OCH3 is 2. The molecule has 4 rings (SSSR count). The molecule has 0 radical (unpaired) electrons. The van der Waals surface area contributed by atoms with E-state index >= 15 is 0 Å². The van der Waals surface area contributed by atoms with Crippen LogP contribution in [0.3, 0.4) is 0 Å². The minimum Gasteiger partial charge on any atom is -0.493 e. The first-order valence-corrected chi connectivity index (χ1v) is 9.45. The lowest BCUT2D eigenvalue weighted by Crippen LogP contribution is -2.14. The highest BCUT2D eigenvalue weighted by molar-refractivity contribution is 5.93. The van der Waals surface area contributed by atoms with Crippen LogP contribution in [-0.2, 0) is 11.2 Å². The van der Waals surface area contributed by atoms with Crippen LogP contribution in [0.25, 0.3) is 22.2 Å². The number of fused-ring (bicyclic) bond motifs is 1. The van der Waals surface area contributed by atoms with Gasteiger partial charge < -0.3 is 19.8 Å². The third kappa shape index (κ3) is 4.12. The third-order valence-electron chi connectivity index (χ3n) is 4.85. The van der Waals surface area contributed by atoms with E-state index in [-0.39, 0.29) is 18.1 Å². The molecule has 0 atom stereocenters. The fourth-order valence-corrected chi connectivity index (χ4v) is 3.40. The molecule has 2 N–H and O–H groups in total. The van der Waals surface area contributed by atoms with Crippen molar-refractivity contribution in [3.8, 4) is 22.8 Å². The molecule has 4 aromatic rings. The molecule has 0 saturated heterocycles. The number of aromatic amines is 1. The highest BCUT2D eigenvalue weighted by Gasteiger charge is 2.10. The molecule has 5 nitrogen and oxygen atoms in total. The number of carbonyl (C=O) groups excluding carboxylic acids is 1. The van der Waals surface area contributed by atoms with Gasteiger partial charge in [0, 0.05) is 27.8 Å². The fourth-order valence-electron chi connectivity index (χ4n) is 3.40. The summed E-state index contributed by atoms with van der Waals surface area (Å²) < 4.78 is 24.0. The molecule has 0 spiro atoms. The second-order valence-electron chi connectivity index (χ2n) is 6.91. The van der Waals surface area contributed by atoms with Crippen LogP contribution in [0.1, 0.15) is 5.56 Å². The van der Waals surface area contributed by atoms with Crippen molar-refractivity contribution in [2.45, 2.75) is 6.42 Å². The Labute approximate surface area is 173 Å². The van der Waals surface area contributed by atoms with Gasteiger partial charge in [0.1, 0.15) is 5.82 Å². The molecular weight excluding hydrogens is 383 g/mol. The van der Waals surface area contributed by atoms with E-state index in [1.807, 2.05) is 36.4 Å². The molecule has 0 unspecified atom stereocenters. The lowest BCUT2D eigenvalue weighted by molar-refractivity contribution is -0.115. The maximum Gasteiger partial charge on any atom is 0.228 e.